The van der Waals surface area contributed by atoms with Crippen LogP contribution in [0.1, 0.15) is 11.1 Å². The molecule has 0 aliphatic heterocycles. The molecule has 0 unspecified atom stereocenters. The van der Waals surface area contributed by atoms with Crippen molar-refractivity contribution in [3.05, 3.63) is 59.7 Å². The fourth-order valence-electron chi connectivity index (χ4n) is 1.88. The largest absolute Gasteiger partial charge is 0.384 e. The molecular weight excluding hydrogens is 238 g/mol. The summed E-state index contributed by atoms with van der Waals surface area (Å²) >= 11 is 1.89. The molecule has 2 rings (SSSR count). The zero-order valence-electron chi connectivity index (χ0n) is 10.9. The number of aryl methyl sites for hydroxylation is 2. The third kappa shape index (κ3) is 3.81. The molecule has 0 saturated carbocycles. The van der Waals surface area contributed by atoms with Crippen LogP contribution in [0.5, 0.6) is 0 Å². The van der Waals surface area contributed by atoms with E-state index in [-0.39, 0.29) is 0 Å². The molecule has 0 heterocycles. The van der Waals surface area contributed by atoms with Crippen molar-refractivity contribution < 1.29 is 0 Å². The summed E-state index contributed by atoms with van der Waals surface area (Å²) in [5.74, 6) is 1.08. The summed E-state index contributed by atoms with van der Waals surface area (Å²) in [6, 6.07) is 17.1. The van der Waals surface area contributed by atoms with E-state index >= 15 is 0 Å². The lowest BCUT2D eigenvalue weighted by Crippen LogP contribution is -2.05. The highest BCUT2D eigenvalue weighted by molar-refractivity contribution is 7.99. The Morgan fingerprint density at radius 1 is 1.00 bits per heavy atom. The van der Waals surface area contributed by atoms with Crippen molar-refractivity contribution in [3.8, 4) is 0 Å². The summed E-state index contributed by atoms with van der Waals surface area (Å²) in [6.45, 7) is 5.27. The molecule has 2 heteroatoms. The summed E-state index contributed by atoms with van der Waals surface area (Å²) in [6.07, 6.45) is 0. The fraction of sp³-hybridized carbons (Fsp3) is 0.250. The van der Waals surface area contributed by atoms with Gasteiger partial charge < -0.3 is 5.32 Å². The smallest absolute Gasteiger partial charge is 0.0370 e. The van der Waals surface area contributed by atoms with Crippen LogP contribution in [0.2, 0.25) is 0 Å². The molecule has 0 aliphatic carbocycles. The molecule has 0 saturated heterocycles. The second kappa shape index (κ2) is 6.50. The summed E-state index contributed by atoms with van der Waals surface area (Å²) in [5, 5.41) is 3.49. The van der Waals surface area contributed by atoms with Crippen molar-refractivity contribution in [1.29, 1.82) is 0 Å². The molecule has 0 spiro atoms. The maximum atomic E-state index is 3.49. The molecule has 0 aliphatic rings. The van der Waals surface area contributed by atoms with E-state index in [0.29, 0.717) is 0 Å². The van der Waals surface area contributed by atoms with Crippen molar-refractivity contribution in [1.82, 2.24) is 0 Å². The van der Waals surface area contributed by atoms with Gasteiger partial charge in [-0.05, 0) is 37.6 Å². The zero-order valence-corrected chi connectivity index (χ0v) is 11.8. The van der Waals surface area contributed by atoms with Gasteiger partial charge in [0, 0.05) is 22.9 Å². The lowest BCUT2D eigenvalue weighted by Gasteiger charge is -2.10. The van der Waals surface area contributed by atoms with Gasteiger partial charge in [0.15, 0.2) is 0 Å². The maximum absolute atomic E-state index is 3.49. The van der Waals surface area contributed by atoms with Gasteiger partial charge in [-0.1, -0.05) is 35.9 Å². The number of benzene rings is 2. The molecule has 0 aromatic heterocycles. The number of thioether (sulfide) groups is 1. The Bertz CT molecular complexity index is 494. The number of rotatable bonds is 5. The van der Waals surface area contributed by atoms with Crippen LogP contribution >= 0.6 is 11.8 Å². The van der Waals surface area contributed by atoms with E-state index in [9.17, 15) is 0 Å². The van der Waals surface area contributed by atoms with Gasteiger partial charge in [-0.2, -0.15) is 0 Å². The minimum atomic E-state index is 0.990. The van der Waals surface area contributed by atoms with E-state index in [2.05, 4.69) is 67.7 Å². The second-order valence-corrected chi connectivity index (χ2v) is 5.57. The van der Waals surface area contributed by atoms with Gasteiger partial charge in [0.1, 0.15) is 0 Å². The van der Waals surface area contributed by atoms with Gasteiger partial charge >= 0.3 is 0 Å². The summed E-state index contributed by atoms with van der Waals surface area (Å²) < 4.78 is 0. The first kappa shape index (κ1) is 13.0. The Balaban J connectivity index is 1.79. The van der Waals surface area contributed by atoms with E-state index in [1.165, 1.54) is 21.7 Å². The molecule has 94 valence electrons. The predicted molar refractivity (Wildman–Crippen MR) is 81.6 cm³/mol. The summed E-state index contributed by atoms with van der Waals surface area (Å²) in [5.41, 5.74) is 3.88. The first-order valence-electron chi connectivity index (χ1n) is 6.25. The Labute approximate surface area is 114 Å². The van der Waals surface area contributed by atoms with Crippen molar-refractivity contribution >= 4 is 17.4 Å². The fourth-order valence-corrected chi connectivity index (χ4v) is 2.67. The first-order chi connectivity index (χ1) is 8.75. The SMILES string of the molecule is Cc1ccc(NCCSc2ccccc2)c(C)c1. The minimum absolute atomic E-state index is 0.990. The van der Waals surface area contributed by atoms with Crippen molar-refractivity contribution in [2.24, 2.45) is 0 Å². The molecule has 0 radical (unpaired) electrons. The van der Waals surface area contributed by atoms with Crippen LogP contribution < -0.4 is 5.32 Å². The quantitative estimate of drug-likeness (QED) is 0.625. The third-order valence-electron chi connectivity index (χ3n) is 2.81. The molecule has 1 nitrogen and oxygen atoms in total. The van der Waals surface area contributed by atoms with Crippen LogP contribution in [0, 0.1) is 13.8 Å². The van der Waals surface area contributed by atoms with Gasteiger partial charge in [-0.15, -0.1) is 11.8 Å². The summed E-state index contributed by atoms with van der Waals surface area (Å²) in [4.78, 5) is 1.33. The monoisotopic (exact) mass is 257 g/mol. The van der Waals surface area contributed by atoms with Crippen LogP contribution in [-0.4, -0.2) is 12.3 Å². The van der Waals surface area contributed by atoms with Crippen LogP contribution in [0.3, 0.4) is 0 Å². The number of hydrogen-bond acceptors (Lipinski definition) is 2. The number of hydrogen-bond donors (Lipinski definition) is 1. The zero-order chi connectivity index (χ0) is 12.8. The average molecular weight is 257 g/mol. The van der Waals surface area contributed by atoms with E-state index in [4.69, 9.17) is 0 Å². The van der Waals surface area contributed by atoms with E-state index in [1.807, 2.05) is 11.8 Å². The summed E-state index contributed by atoms with van der Waals surface area (Å²) in [7, 11) is 0. The Kier molecular flexibility index (Phi) is 4.71. The van der Waals surface area contributed by atoms with Crippen molar-refractivity contribution in [3.63, 3.8) is 0 Å². The minimum Gasteiger partial charge on any atom is -0.384 e. The van der Waals surface area contributed by atoms with Gasteiger partial charge in [0.25, 0.3) is 0 Å². The molecule has 0 amide bonds. The van der Waals surface area contributed by atoms with Gasteiger partial charge in [0.2, 0.25) is 0 Å². The average Bonchev–Trinajstić information content (AvgIpc) is 2.38. The Hall–Kier alpha value is -1.41. The Morgan fingerprint density at radius 2 is 1.78 bits per heavy atom. The molecule has 2 aromatic carbocycles. The standard InChI is InChI=1S/C16H19NS/c1-13-8-9-16(14(2)12-13)17-10-11-18-15-6-4-3-5-7-15/h3-9,12,17H,10-11H2,1-2H3. The lowest BCUT2D eigenvalue weighted by molar-refractivity contribution is 1.20. The molecular formula is C16H19NS. The van der Waals surface area contributed by atoms with Crippen LogP contribution in [0.25, 0.3) is 0 Å². The second-order valence-electron chi connectivity index (χ2n) is 4.41. The highest BCUT2D eigenvalue weighted by Gasteiger charge is 1.98. The highest BCUT2D eigenvalue weighted by atomic mass is 32.2. The normalized spacial score (nSPS) is 10.3. The van der Waals surface area contributed by atoms with E-state index in [1.54, 1.807) is 0 Å². The van der Waals surface area contributed by atoms with Gasteiger partial charge in [0.05, 0.1) is 0 Å². The molecule has 1 N–H and O–H groups in total. The topological polar surface area (TPSA) is 12.0 Å². The van der Waals surface area contributed by atoms with E-state index in [0.717, 1.165) is 12.3 Å². The molecule has 0 atom stereocenters. The van der Waals surface area contributed by atoms with Gasteiger partial charge in [-0.25, -0.2) is 0 Å². The lowest BCUT2D eigenvalue weighted by atomic mass is 10.1. The van der Waals surface area contributed by atoms with Crippen molar-refractivity contribution in [2.45, 2.75) is 18.7 Å². The Morgan fingerprint density at radius 3 is 2.50 bits per heavy atom. The molecule has 0 fully saturated rings. The van der Waals surface area contributed by atoms with Crippen molar-refractivity contribution in [2.75, 3.05) is 17.6 Å². The van der Waals surface area contributed by atoms with Crippen LogP contribution in [0.4, 0.5) is 5.69 Å². The van der Waals surface area contributed by atoms with Gasteiger partial charge in [-0.3, -0.25) is 0 Å². The van der Waals surface area contributed by atoms with E-state index < -0.39 is 0 Å². The number of anilines is 1. The molecule has 2 aromatic rings. The maximum Gasteiger partial charge on any atom is 0.0370 e. The van der Waals surface area contributed by atoms with Crippen LogP contribution in [-0.2, 0) is 0 Å². The number of nitrogens with one attached hydrogen (secondary N) is 1. The molecule has 18 heavy (non-hydrogen) atoms. The molecule has 0 bridgehead atoms. The predicted octanol–water partition coefficient (Wildman–Crippen LogP) is 4.51. The van der Waals surface area contributed by atoms with Crippen LogP contribution in [0.15, 0.2) is 53.4 Å². The first-order valence-corrected chi connectivity index (χ1v) is 7.23. The highest BCUT2D eigenvalue weighted by Crippen LogP contribution is 2.18. The third-order valence-corrected chi connectivity index (χ3v) is 3.83.